The van der Waals surface area contributed by atoms with E-state index in [9.17, 15) is 52.7 Å². The van der Waals surface area contributed by atoms with Crippen LogP contribution in [-0.4, -0.2) is 0 Å². The quantitative estimate of drug-likeness (QED) is 0.106. The minimum absolute atomic E-state index is 0.148. The van der Waals surface area contributed by atoms with Gasteiger partial charge in [-0.15, -0.1) is 0 Å². The molecule has 0 aliphatic carbocycles. The Hall–Kier alpha value is -5.52. The number of hydrogen-bond donors (Lipinski definition) is 0. The monoisotopic (exact) mass is 856 g/mol. The predicted octanol–water partition coefficient (Wildman–Crippen LogP) is 15.7. The average molecular weight is 857 g/mol. The first-order chi connectivity index (χ1) is 28.1. The lowest BCUT2D eigenvalue weighted by Crippen LogP contribution is -2.19. The van der Waals surface area contributed by atoms with Crippen molar-refractivity contribution in [3.63, 3.8) is 0 Å². The molecule has 12 heteroatoms. The van der Waals surface area contributed by atoms with E-state index in [1.54, 1.807) is 48.5 Å². The summed E-state index contributed by atoms with van der Waals surface area (Å²) in [5.41, 5.74) is -0.580. The molecule has 6 aromatic carbocycles. The molecule has 0 aliphatic rings. The molecule has 0 saturated heterocycles. The van der Waals surface area contributed by atoms with Gasteiger partial charge in [-0.05, 0) is 121 Å². The summed E-state index contributed by atoms with van der Waals surface area (Å²) >= 11 is 0. The number of aryl methyl sites for hydroxylation is 4. The Morgan fingerprint density at radius 1 is 0.279 bits per heavy atom. The van der Waals surface area contributed by atoms with Crippen LogP contribution >= 0.6 is 0 Å². The maximum absolute atomic E-state index is 14.0. The molecule has 0 aliphatic heterocycles. The van der Waals surface area contributed by atoms with E-state index < -0.39 is 64.2 Å². The third kappa shape index (κ3) is 10.0. The summed E-state index contributed by atoms with van der Waals surface area (Å²) in [7, 11) is 0. The first kappa shape index (κ1) is 45.0. The van der Waals surface area contributed by atoms with Gasteiger partial charge in [0, 0.05) is 17.3 Å². The van der Waals surface area contributed by atoms with Crippen LogP contribution in [0.3, 0.4) is 0 Å². The molecule has 0 amide bonds. The van der Waals surface area contributed by atoms with Crippen LogP contribution in [0.1, 0.15) is 115 Å². The minimum Gasteiger partial charge on any atom is -0.166 e. The first-order valence-electron chi connectivity index (χ1n) is 19.1. The smallest absolute Gasteiger partial charge is 0.166 e. The van der Waals surface area contributed by atoms with Crippen molar-refractivity contribution in [1.29, 1.82) is 0 Å². The van der Waals surface area contributed by atoms with Crippen LogP contribution in [-0.2, 0) is 30.1 Å². The van der Waals surface area contributed by atoms with Gasteiger partial charge in [-0.1, -0.05) is 109 Å². The summed E-state index contributed by atoms with van der Waals surface area (Å²) in [4.78, 5) is 0. The van der Waals surface area contributed by atoms with Crippen LogP contribution in [0.15, 0.2) is 121 Å². The zero-order valence-electron chi connectivity index (χ0n) is 33.7. The Labute approximate surface area is 345 Å². The molecule has 0 unspecified atom stereocenters. The molecule has 0 N–H and O–H groups in total. The number of alkyl halides is 12. The summed E-state index contributed by atoms with van der Waals surface area (Å²) in [6.07, 6.45) is -18.8. The SMILES string of the molecule is Cc1cc(C(c2ccc(C(C)(C)c3ccc(C(c4cc(C)cc(C(F)(F)F)c4)c4cc(C)cc(C(F)(F)F)c4)cc3)cc2)c2cc(C)cc(C(F)(F)F)c2)cc(C(F)(F)F)c1. The highest BCUT2D eigenvalue weighted by atomic mass is 19.4. The van der Waals surface area contributed by atoms with Crippen LogP contribution < -0.4 is 0 Å². The van der Waals surface area contributed by atoms with Crippen LogP contribution in [0.5, 0.6) is 0 Å². The third-order valence-corrected chi connectivity index (χ3v) is 11.0. The van der Waals surface area contributed by atoms with Crippen LogP contribution in [0.4, 0.5) is 52.7 Å². The number of benzene rings is 6. The van der Waals surface area contributed by atoms with E-state index >= 15 is 0 Å². The molecule has 0 fully saturated rings. The van der Waals surface area contributed by atoms with E-state index in [0.717, 1.165) is 48.5 Å². The second-order valence-electron chi connectivity index (χ2n) is 16.3. The second-order valence-corrected chi connectivity index (χ2v) is 16.3. The molecule has 0 radical (unpaired) electrons. The number of rotatable bonds is 8. The standard InChI is InChI=1S/C49H40F12/c1-27-15-33(23-39(19-27)46(50,51)52)43(34-16-28(2)20-40(24-34)47(53,54)55)31-7-11-37(12-8-31)45(5,6)38-13-9-32(10-14-38)44(35-17-29(3)21-41(25-35)48(56,57)58)36-18-30(4)22-42(26-36)49(59,60)61/h7-26,43-44H,1-6H3. The van der Waals surface area contributed by atoms with E-state index in [1.165, 1.54) is 52.0 Å². The molecule has 0 bridgehead atoms. The van der Waals surface area contributed by atoms with Gasteiger partial charge in [0.25, 0.3) is 0 Å². The van der Waals surface area contributed by atoms with Gasteiger partial charge in [-0.3, -0.25) is 0 Å². The topological polar surface area (TPSA) is 0 Å². The summed E-state index contributed by atoms with van der Waals surface area (Å²) in [5, 5.41) is 0. The van der Waals surface area contributed by atoms with Crippen molar-refractivity contribution < 1.29 is 52.7 Å². The third-order valence-electron chi connectivity index (χ3n) is 11.0. The lowest BCUT2D eigenvalue weighted by atomic mass is 9.75. The van der Waals surface area contributed by atoms with Crippen molar-refractivity contribution in [2.24, 2.45) is 0 Å². The molecule has 0 spiro atoms. The van der Waals surface area contributed by atoms with E-state index in [0.29, 0.717) is 22.3 Å². The van der Waals surface area contributed by atoms with E-state index in [-0.39, 0.29) is 44.5 Å². The van der Waals surface area contributed by atoms with E-state index in [2.05, 4.69) is 0 Å². The van der Waals surface area contributed by atoms with Gasteiger partial charge in [-0.25, -0.2) is 0 Å². The lowest BCUT2D eigenvalue weighted by molar-refractivity contribution is -0.138. The van der Waals surface area contributed by atoms with Crippen molar-refractivity contribution in [3.05, 3.63) is 210 Å². The highest BCUT2D eigenvalue weighted by Crippen LogP contribution is 2.43. The molecule has 6 rings (SSSR count). The van der Waals surface area contributed by atoms with Crippen molar-refractivity contribution in [2.75, 3.05) is 0 Å². The van der Waals surface area contributed by atoms with Gasteiger partial charge in [0.15, 0.2) is 0 Å². The molecule has 0 heterocycles. The van der Waals surface area contributed by atoms with Crippen molar-refractivity contribution in [3.8, 4) is 0 Å². The lowest BCUT2D eigenvalue weighted by Gasteiger charge is -2.29. The van der Waals surface area contributed by atoms with Crippen molar-refractivity contribution in [1.82, 2.24) is 0 Å². The average Bonchev–Trinajstić information content (AvgIpc) is 3.13. The Morgan fingerprint density at radius 3 is 0.689 bits per heavy atom. The Morgan fingerprint density at radius 2 is 0.492 bits per heavy atom. The first-order valence-corrected chi connectivity index (χ1v) is 19.1. The molecular formula is C49H40F12. The molecule has 0 saturated carbocycles. The fraction of sp³-hybridized carbons (Fsp3) is 0.265. The number of hydrogen-bond acceptors (Lipinski definition) is 0. The summed E-state index contributed by atoms with van der Waals surface area (Å²) in [5.74, 6) is -2.04. The van der Waals surface area contributed by atoms with Crippen LogP contribution in [0.25, 0.3) is 0 Å². The molecule has 0 atom stereocenters. The molecule has 6 aromatic rings. The minimum atomic E-state index is -4.71. The van der Waals surface area contributed by atoms with Gasteiger partial charge in [-0.2, -0.15) is 52.7 Å². The van der Waals surface area contributed by atoms with Gasteiger partial charge < -0.3 is 0 Å². The van der Waals surface area contributed by atoms with E-state index in [1.807, 2.05) is 13.8 Å². The number of halogens is 12. The second kappa shape index (κ2) is 16.1. The van der Waals surface area contributed by atoms with E-state index in [4.69, 9.17) is 0 Å². The largest absolute Gasteiger partial charge is 0.416 e. The molecule has 320 valence electrons. The van der Waals surface area contributed by atoms with Gasteiger partial charge in [0.1, 0.15) is 0 Å². The van der Waals surface area contributed by atoms with Gasteiger partial charge in [0.2, 0.25) is 0 Å². The van der Waals surface area contributed by atoms with Crippen molar-refractivity contribution in [2.45, 2.75) is 83.5 Å². The highest BCUT2D eigenvalue weighted by Gasteiger charge is 2.36. The van der Waals surface area contributed by atoms with Crippen LogP contribution in [0.2, 0.25) is 0 Å². The summed E-state index contributed by atoms with van der Waals surface area (Å²) in [6.45, 7) is 9.68. The molecular weight excluding hydrogens is 817 g/mol. The Bertz CT molecular complexity index is 2230. The molecule has 61 heavy (non-hydrogen) atoms. The van der Waals surface area contributed by atoms with Gasteiger partial charge >= 0.3 is 24.7 Å². The normalized spacial score (nSPS) is 13.0. The maximum Gasteiger partial charge on any atom is 0.416 e. The fourth-order valence-electron chi connectivity index (χ4n) is 8.08. The zero-order chi connectivity index (χ0) is 45.0. The van der Waals surface area contributed by atoms with Gasteiger partial charge in [0.05, 0.1) is 22.3 Å². The fourth-order valence-corrected chi connectivity index (χ4v) is 8.08. The Balaban J connectivity index is 1.43. The summed E-state index contributed by atoms with van der Waals surface area (Å²) in [6, 6.07) is 27.3. The Kier molecular flexibility index (Phi) is 11.9. The molecule has 0 nitrogen and oxygen atoms in total. The highest BCUT2D eigenvalue weighted by molar-refractivity contribution is 5.52. The summed E-state index contributed by atoms with van der Waals surface area (Å²) < 4.78 is 168. The predicted molar refractivity (Wildman–Crippen MR) is 212 cm³/mol. The maximum atomic E-state index is 14.0. The van der Waals surface area contributed by atoms with Crippen molar-refractivity contribution >= 4 is 0 Å². The van der Waals surface area contributed by atoms with Crippen LogP contribution in [0, 0.1) is 27.7 Å². The zero-order valence-corrected chi connectivity index (χ0v) is 33.7. The molecule has 0 aromatic heterocycles.